The van der Waals surface area contributed by atoms with Crippen molar-refractivity contribution in [3.8, 4) is 0 Å². The van der Waals surface area contributed by atoms with Crippen molar-refractivity contribution in [3.63, 3.8) is 0 Å². The molecule has 5 nitrogen and oxygen atoms in total. The highest BCUT2D eigenvalue weighted by atomic mass is 16.5. The van der Waals surface area contributed by atoms with Gasteiger partial charge in [-0.05, 0) is 30.5 Å². The second-order valence-corrected chi connectivity index (χ2v) is 6.38. The number of hydrogen-bond donors (Lipinski definition) is 1. The van der Waals surface area contributed by atoms with Gasteiger partial charge in [-0.25, -0.2) is 0 Å². The second-order valence-electron chi connectivity index (χ2n) is 6.38. The first-order chi connectivity index (χ1) is 11.0. The lowest BCUT2D eigenvalue weighted by molar-refractivity contribution is -0.137. The molecule has 0 spiro atoms. The summed E-state index contributed by atoms with van der Waals surface area (Å²) in [6.45, 7) is 5.68. The van der Waals surface area contributed by atoms with Crippen molar-refractivity contribution in [3.05, 3.63) is 29.8 Å². The molecule has 0 aliphatic carbocycles. The summed E-state index contributed by atoms with van der Waals surface area (Å²) >= 11 is 0. The van der Waals surface area contributed by atoms with Crippen LogP contribution in [0.4, 0.5) is 5.69 Å². The number of carbonyl (C=O) groups is 2. The highest BCUT2D eigenvalue weighted by Gasteiger charge is 2.28. The largest absolute Gasteiger partial charge is 0.380 e. The maximum Gasteiger partial charge on any atom is 0.227 e. The molecule has 1 saturated heterocycles. The van der Waals surface area contributed by atoms with E-state index in [-0.39, 0.29) is 23.7 Å². The Hall–Kier alpha value is -1.88. The van der Waals surface area contributed by atoms with Crippen LogP contribution in [0.5, 0.6) is 0 Å². The average molecular weight is 318 g/mol. The molecule has 1 heterocycles. The summed E-state index contributed by atoms with van der Waals surface area (Å²) in [6, 6.07) is 7.69. The monoisotopic (exact) mass is 318 g/mol. The number of carbonyl (C=O) groups excluding carboxylic acids is 2. The highest BCUT2D eigenvalue weighted by molar-refractivity contribution is 5.92. The van der Waals surface area contributed by atoms with Crippen LogP contribution in [0.2, 0.25) is 0 Å². The summed E-state index contributed by atoms with van der Waals surface area (Å²) in [7, 11) is 1.65. The van der Waals surface area contributed by atoms with Gasteiger partial charge in [-0.15, -0.1) is 0 Å². The van der Waals surface area contributed by atoms with E-state index >= 15 is 0 Å². The maximum absolute atomic E-state index is 12.4. The van der Waals surface area contributed by atoms with Crippen LogP contribution in [0.1, 0.15) is 32.3 Å². The van der Waals surface area contributed by atoms with Crippen molar-refractivity contribution in [2.45, 2.75) is 33.3 Å². The van der Waals surface area contributed by atoms with Gasteiger partial charge in [-0.1, -0.05) is 26.0 Å². The Balaban J connectivity index is 1.88. The molecule has 126 valence electrons. The van der Waals surface area contributed by atoms with E-state index in [1.54, 1.807) is 7.11 Å². The van der Waals surface area contributed by atoms with Crippen molar-refractivity contribution in [1.29, 1.82) is 0 Å². The number of benzene rings is 1. The Morgan fingerprint density at radius 1 is 1.30 bits per heavy atom. The molecule has 1 N–H and O–H groups in total. The SMILES string of the molecule is COCc1cccc(NC(=O)C2CCN(C(=O)C(C)C)CC2)c1. The standard InChI is InChI=1S/C18H26N2O3/c1-13(2)18(22)20-9-7-15(8-10-20)17(21)19-16-6-4-5-14(11-16)12-23-3/h4-6,11,13,15H,7-10,12H2,1-3H3,(H,19,21). The molecule has 0 atom stereocenters. The van der Waals surface area contributed by atoms with Gasteiger partial charge in [0.1, 0.15) is 0 Å². The van der Waals surface area contributed by atoms with Gasteiger partial charge in [0.25, 0.3) is 0 Å². The first-order valence-electron chi connectivity index (χ1n) is 8.18. The van der Waals surface area contributed by atoms with Crippen LogP contribution in [0.25, 0.3) is 0 Å². The van der Waals surface area contributed by atoms with Crippen molar-refractivity contribution in [2.75, 3.05) is 25.5 Å². The quantitative estimate of drug-likeness (QED) is 0.908. The van der Waals surface area contributed by atoms with E-state index < -0.39 is 0 Å². The molecule has 2 amide bonds. The lowest BCUT2D eigenvalue weighted by atomic mass is 9.95. The molecule has 1 aromatic carbocycles. The summed E-state index contributed by atoms with van der Waals surface area (Å²) in [5, 5.41) is 2.98. The minimum atomic E-state index is -0.0303. The van der Waals surface area contributed by atoms with Crippen molar-refractivity contribution < 1.29 is 14.3 Å². The van der Waals surface area contributed by atoms with Crippen LogP contribution in [0.15, 0.2) is 24.3 Å². The number of rotatable bonds is 5. The van der Waals surface area contributed by atoms with E-state index in [1.807, 2.05) is 43.0 Å². The van der Waals surface area contributed by atoms with Crippen LogP contribution < -0.4 is 5.32 Å². The third-order valence-corrected chi connectivity index (χ3v) is 4.18. The molecular weight excluding hydrogens is 292 g/mol. The van der Waals surface area contributed by atoms with Gasteiger partial charge in [-0.3, -0.25) is 9.59 Å². The van der Waals surface area contributed by atoms with Gasteiger partial charge in [0, 0.05) is 37.7 Å². The average Bonchev–Trinajstić information content (AvgIpc) is 2.55. The molecule has 1 aliphatic heterocycles. The molecule has 0 radical (unpaired) electrons. The van der Waals surface area contributed by atoms with Crippen molar-refractivity contribution >= 4 is 17.5 Å². The van der Waals surface area contributed by atoms with Crippen LogP contribution in [0, 0.1) is 11.8 Å². The van der Waals surface area contributed by atoms with Crippen LogP contribution in [0.3, 0.4) is 0 Å². The Morgan fingerprint density at radius 2 is 2.00 bits per heavy atom. The third-order valence-electron chi connectivity index (χ3n) is 4.18. The molecule has 0 aromatic heterocycles. The first kappa shape index (κ1) is 17.5. The Kier molecular flexibility index (Phi) is 6.16. The summed E-state index contributed by atoms with van der Waals surface area (Å²) in [4.78, 5) is 26.2. The number of likely N-dealkylation sites (tertiary alicyclic amines) is 1. The van der Waals surface area contributed by atoms with Crippen molar-refractivity contribution in [2.24, 2.45) is 11.8 Å². The van der Waals surface area contributed by atoms with Crippen LogP contribution in [-0.2, 0) is 20.9 Å². The predicted molar refractivity (Wildman–Crippen MR) is 89.9 cm³/mol. The number of piperidine rings is 1. The Bertz CT molecular complexity index is 549. The zero-order valence-electron chi connectivity index (χ0n) is 14.2. The molecule has 0 saturated carbocycles. The number of methoxy groups -OCH3 is 1. The molecule has 1 aromatic rings. The number of nitrogens with zero attached hydrogens (tertiary/aromatic N) is 1. The molecular formula is C18H26N2O3. The molecule has 1 aliphatic rings. The first-order valence-corrected chi connectivity index (χ1v) is 8.18. The minimum Gasteiger partial charge on any atom is -0.380 e. The van der Waals surface area contributed by atoms with E-state index in [2.05, 4.69) is 5.32 Å². The minimum absolute atomic E-state index is 0.0175. The lowest BCUT2D eigenvalue weighted by Gasteiger charge is -2.32. The van der Waals surface area contributed by atoms with Crippen molar-refractivity contribution in [1.82, 2.24) is 4.90 Å². The number of anilines is 1. The second kappa shape index (κ2) is 8.11. The van der Waals surface area contributed by atoms with E-state index in [0.717, 1.165) is 24.1 Å². The van der Waals surface area contributed by atoms with Gasteiger partial charge < -0.3 is 15.0 Å². The molecule has 0 unspecified atom stereocenters. The highest BCUT2D eigenvalue weighted by Crippen LogP contribution is 2.21. The maximum atomic E-state index is 12.4. The van der Waals surface area contributed by atoms with E-state index in [0.29, 0.717) is 19.7 Å². The third kappa shape index (κ3) is 4.79. The van der Waals surface area contributed by atoms with Gasteiger partial charge in [-0.2, -0.15) is 0 Å². The lowest BCUT2D eigenvalue weighted by Crippen LogP contribution is -2.43. The predicted octanol–water partition coefficient (Wildman–Crippen LogP) is 2.67. The number of ether oxygens (including phenoxy) is 1. The Labute approximate surface area is 138 Å². The zero-order chi connectivity index (χ0) is 16.8. The number of hydrogen-bond acceptors (Lipinski definition) is 3. The van der Waals surface area contributed by atoms with E-state index in [1.165, 1.54) is 0 Å². The molecule has 1 fully saturated rings. The van der Waals surface area contributed by atoms with Crippen LogP contribution >= 0.6 is 0 Å². The zero-order valence-corrected chi connectivity index (χ0v) is 14.2. The molecule has 0 bridgehead atoms. The molecule has 23 heavy (non-hydrogen) atoms. The summed E-state index contributed by atoms with van der Waals surface area (Å²) in [6.07, 6.45) is 1.45. The fourth-order valence-corrected chi connectivity index (χ4v) is 2.88. The topological polar surface area (TPSA) is 58.6 Å². The van der Waals surface area contributed by atoms with Gasteiger partial charge in [0.2, 0.25) is 11.8 Å². The van der Waals surface area contributed by atoms with Crippen LogP contribution in [-0.4, -0.2) is 36.9 Å². The van der Waals surface area contributed by atoms with Gasteiger partial charge in [0.15, 0.2) is 0 Å². The van der Waals surface area contributed by atoms with E-state index in [4.69, 9.17) is 4.74 Å². The summed E-state index contributed by atoms with van der Waals surface area (Å²) in [5.74, 6) is 0.202. The fourth-order valence-electron chi connectivity index (χ4n) is 2.88. The molecule has 5 heteroatoms. The van der Waals surface area contributed by atoms with Gasteiger partial charge in [0.05, 0.1) is 6.61 Å². The summed E-state index contributed by atoms with van der Waals surface area (Å²) in [5.41, 5.74) is 1.83. The number of amides is 2. The van der Waals surface area contributed by atoms with Gasteiger partial charge >= 0.3 is 0 Å². The normalized spacial score (nSPS) is 15.7. The number of nitrogens with one attached hydrogen (secondary N) is 1. The fraction of sp³-hybridized carbons (Fsp3) is 0.556. The smallest absolute Gasteiger partial charge is 0.227 e. The summed E-state index contributed by atoms with van der Waals surface area (Å²) < 4.78 is 5.11. The van der Waals surface area contributed by atoms with E-state index in [9.17, 15) is 9.59 Å². The molecule has 2 rings (SSSR count). The Morgan fingerprint density at radius 3 is 2.61 bits per heavy atom.